The van der Waals surface area contributed by atoms with E-state index in [4.69, 9.17) is 10.5 Å². The zero-order valence-corrected chi connectivity index (χ0v) is 16.1. The van der Waals surface area contributed by atoms with Crippen molar-refractivity contribution in [2.45, 2.75) is 19.0 Å². The van der Waals surface area contributed by atoms with E-state index in [1.54, 1.807) is 0 Å². The van der Waals surface area contributed by atoms with Crippen LogP contribution in [0.15, 0.2) is 54.6 Å². The third-order valence-electron chi connectivity index (χ3n) is 3.48. The summed E-state index contributed by atoms with van der Waals surface area (Å²) in [6.45, 7) is 0.289. The molecule has 0 saturated carbocycles. The molecule has 0 heterocycles. The van der Waals surface area contributed by atoms with Crippen LogP contribution in [0.3, 0.4) is 0 Å². The highest BCUT2D eigenvalue weighted by Crippen LogP contribution is 2.21. The molecule has 0 saturated heterocycles. The van der Waals surface area contributed by atoms with Gasteiger partial charge in [-0.25, -0.2) is 8.42 Å². The maximum absolute atomic E-state index is 11.9. The van der Waals surface area contributed by atoms with E-state index in [-0.39, 0.29) is 37.0 Å². The molecule has 0 bridgehead atoms. The lowest BCUT2D eigenvalue weighted by Gasteiger charge is -2.12. The monoisotopic (exact) mass is 398 g/mol. The highest BCUT2D eigenvalue weighted by atomic mass is 35.5. The minimum Gasteiger partial charge on any atom is -0.457 e. The summed E-state index contributed by atoms with van der Waals surface area (Å²) in [5.74, 6) is 0.908. The van der Waals surface area contributed by atoms with Gasteiger partial charge in [0.15, 0.2) is 0 Å². The van der Waals surface area contributed by atoms with Crippen LogP contribution in [-0.4, -0.2) is 32.4 Å². The molecule has 3 N–H and O–H groups in total. The van der Waals surface area contributed by atoms with Crippen LogP contribution in [0.1, 0.15) is 12.0 Å². The third-order valence-corrected chi connectivity index (χ3v) is 4.46. The van der Waals surface area contributed by atoms with Crippen LogP contribution in [0, 0.1) is 0 Å². The summed E-state index contributed by atoms with van der Waals surface area (Å²) >= 11 is 0. The van der Waals surface area contributed by atoms with Gasteiger partial charge in [0, 0.05) is 12.8 Å². The number of halogens is 1. The predicted octanol–water partition coefficient (Wildman–Crippen LogP) is 2.28. The number of sulfone groups is 1. The summed E-state index contributed by atoms with van der Waals surface area (Å²) in [4.78, 5) is 11.9. The molecule has 0 radical (unpaired) electrons. The Morgan fingerprint density at radius 1 is 1.12 bits per heavy atom. The molecule has 26 heavy (non-hydrogen) atoms. The fraction of sp³-hybridized carbons (Fsp3) is 0.278. The zero-order valence-electron chi connectivity index (χ0n) is 14.4. The minimum absolute atomic E-state index is 0. The molecule has 2 aromatic rings. The number of nitrogens with one attached hydrogen (secondary N) is 1. The van der Waals surface area contributed by atoms with Crippen molar-refractivity contribution < 1.29 is 17.9 Å². The van der Waals surface area contributed by atoms with E-state index in [0.717, 1.165) is 17.6 Å². The Labute approximate surface area is 160 Å². The summed E-state index contributed by atoms with van der Waals surface area (Å²) in [5.41, 5.74) is 6.58. The summed E-state index contributed by atoms with van der Waals surface area (Å²) in [6.07, 6.45) is 1.22. The van der Waals surface area contributed by atoms with Crippen LogP contribution in [0.5, 0.6) is 11.5 Å². The molecule has 0 aromatic heterocycles. The van der Waals surface area contributed by atoms with Gasteiger partial charge in [0.25, 0.3) is 0 Å². The fourth-order valence-corrected chi connectivity index (χ4v) is 2.82. The number of ether oxygens (including phenoxy) is 1. The van der Waals surface area contributed by atoms with E-state index in [0.29, 0.717) is 5.75 Å². The van der Waals surface area contributed by atoms with E-state index in [1.807, 2.05) is 54.6 Å². The molecule has 1 unspecified atom stereocenters. The lowest BCUT2D eigenvalue weighted by Crippen LogP contribution is -2.41. The molecule has 0 aliphatic heterocycles. The highest BCUT2D eigenvalue weighted by Gasteiger charge is 2.15. The maximum atomic E-state index is 11.9. The smallest absolute Gasteiger partial charge is 0.237 e. The molecule has 6 nitrogen and oxygen atoms in total. The van der Waals surface area contributed by atoms with Crippen molar-refractivity contribution in [3.8, 4) is 11.5 Å². The first-order chi connectivity index (χ1) is 11.8. The van der Waals surface area contributed by atoms with E-state index < -0.39 is 15.9 Å². The van der Waals surface area contributed by atoms with Gasteiger partial charge in [-0.05, 0) is 36.2 Å². The van der Waals surface area contributed by atoms with Gasteiger partial charge in [-0.1, -0.05) is 30.3 Å². The van der Waals surface area contributed by atoms with Crippen molar-refractivity contribution >= 4 is 28.2 Å². The predicted molar refractivity (Wildman–Crippen MR) is 104 cm³/mol. The van der Waals surface area contributed by atoms with Crippen molar-refractivity contribution in [2.24, 2.45) is 5.73 Å². The Kier molecular flexibility index (Phi) is 8.57. The number of amides is 1. The van der Waals surface area contributed by atoms with Crippen molar-refractivity contribution in [3.05, 3.63) is 60.2 Å². The second-order valence-corrected chi connectivity index (χ2v) is 8.07. The van der Waals surface area contributed by atoms with Crippen molar-refractivity contribution in [3.63, 3.8) is 0 Å². The van der Waals surface area contributed by atoms with Crippen LogP contribution in [0.25, 0.3) is 0 Å². The number of nitrogens with two attached hydrogens (primary N) is 1. The Morgan fingerprint density at radius 2 is 1.77 bits per heavy atom. The number of carbonyl (C=O) groups is 1. The lowest BCUT2D eigenvalue weighted by molar-refractivity contribution is -0.122. The van der Waals surface area contributed by atoms with Gasteiger partial charge in [-0.2, -0.15) is 0 Å². The normalized spacial score (nSPS) is 11.9. The van der Waals surface area contributed by atoms with Crippen LogP contribution in [-0.2, 0) is 21.2 Å². The standard InChI is InChI=1S/C18H22N2O4S.ClH/c1-25(22,23)11-10-17(19)18(21)20-13-14-6-5-9-16(12-14)24-15-7-3-2-4-8-15;/h2-9,12,17H,10-11,13,19H2,1H3,(H,20,21);1H. The lowest BCUT2D eigenvalue weighted by atomic mass is 10.2. The van der Waals surface area contributed by atoms with E-state index in [1.165, 1.54) is 0 Å². The average molecular weight is 399 g/mol. The van der Waals surface area contributed by atoms with Gasteiger partial charge in [0.2, 0.25) is 5.91 Å². The zero-order chi connectivity index (χ0) is 18.3. The molecule has 2 rings (SSSR count). The van der Waals surface area contributed by atoms with Crippen molar-refractivity contribution in [1.82, 2.24) is 5.32 Å². The molecule has 8 heteroatoms. The molecular formula is C18H23ClN2O4S. The Hall–Kier alpha value is -2.09. The van der Waals surface area contributed by atoms with Gasteiger partial charge >= 0.3 is 0 Å². The molecule has 0 aliphatic rings. The fourth-order valence-electron chi connectivity index (χ4n) is 2.14. The Balaban J connectivity index is 0.00000338. The second-order valence-electron chi connectivity index (χ2n) is 5.81. The Morgan fingerprint density at radius 3 is 2.42 bits per heavy atom. The first-order valence-electron chi connectivity index (χ1n) is 7.86. The van der Waals surface area contributed by atoms with E-state index in [2.05, 4.69) is 5.32 Å². The SMILES string of the molecule is CS(=O)(=O)CCC(N)C(=O)NCc1cccc(Oc2ccccc2)c1.Cl. The molecular weight excluding hydrogens is 376 g/mol. The van der Waals surface area contributed by atoms with Crippen molar-refractivity contribution in [2.75, 3.05) is 12.0 Å². The van der Waals surface area contributed by atoms with Crippen LogP contribution >= 0.6 is 12.4 Å². The largest absolute Gasteiger partial charge is 0.457 e. The summed E-state index contributed by atoms with van der Waals surface area (Å²) in [7, 11) is -3.13. The molecule has 0 spiro atoms. The molecule has 142 valence electrons. The van der Waals surface area contributed by atoms with E-state index in [9.17, 15) is 13.2 Å². The number of rotatable bonds is 8. The second kappa shape index (κ2) is 10.2. The van der Waals surface area contributed by atoms with Gasteiger partial charge in [0.05, 0.1) is 11.8 Å². The number of carbonyl (C=O) groups excluding carboxylic acids is 1. The number of para-hydroxylation sites is 1. The maximum Gasteiger partial charge on any atom is 0.237 e. The molecule has 0 aliphatic carbocycles. The molecule has 1 amide bonds. The van der Waals surface area contributed by atoms with Gasteiger partial charge in [0.1, 0.15) is 21.3 Å². The van der Waals surface area contributed by atoms with Gasteiger partial charge < -0.3 is 15.8 Å². The summed E-state index contributed by atoms with van der Waals surface area (Å²) in [6, 6.07) is 15.9. The topological polar surface area (TPSA) is 98.5 Å². The Bertz CT molecular complexity index is 813. The number of hydrogen-bond acceptors (Lipinski definition) is 5. The first-order valence-corrected chi connectivity index (χ1v) is 9.92. The quantitative estimate of drug-likeness (QED) is 0.710. The third kappa shape index (κ3) is 7.86. The van der Waals surface area contributed by atoms with Gasteiger partial charge in [-0.3, -0.25) is 4.79 Å². The molecule has 2 aromatic carbocycles. The molecule has 1 atom stereocenters. The van der Waals surface area contributed by atoms with E-state index >= 15 is 0 Å². The molecule has 0 fully saturated rings. The van der Waals surface area contributed by atoms with Crippen LogP contribution in [0.2, 0.25) is 0 Å². The average Bonchev–Trinajstić information content (AvgIpc) is 2.58. The minimum atomic E-state index is -3.13. The number of hydrogen-bond donors (Lipinski definition) is 2. The first kappa shape index (κ1) is 22.0. The highest BCUT2D eigenvalue weighted by molar-refractivity contribution is 7.90. The van der Waals surface area contributed by atoms with Crippen LogP contribution in [0.4, 0.5) is 0 Å². The van der Waals surface area contributed by atoms with Crippen molar-refractivity contribution in [1.29, 1.82) is 0 Å². The number of benzene rings is 2. The van der Waals surface area contributed by atoms with Crippen LogP contribution < -0.4 is 15.8 Å². The summed E-state index contributed by atoms with van der Waals surface area (Å²) < 4.78 is 28.0. The summed E-state index contributed by atoms with van der Waals surface area (Å²) in [5, 5.41) is 2.71. The van der Waals surface area contributed by atoms with Gasteiger partial charge in [-0.15, -0.1) is 12.4 Å².